The van der Waals surface area contributed by atoms with Crippen LogP contribution in [0.4, 0.5) is 0 Å². The van der Waals surface area contributed by atoms with Crippen LogP contribution < -0.4 is 15.7 Å². The van der Waals surface area contributed by atoms with Gasteiger partial charge in [0.1, 0.15) is 17.5 Å². The highest BCUT2D eigenvalue weighted by Gasteiger charge is 2.35. The Hall–Kier alpha value is -5.54. The second-order valence-corrected chi connectivity index (χ2v) is 12.7. The molecule has 5 aromatic rings. The standard InChI is InChI=1S/C36H30BrN7O4/c1-22-20-43-31(21-42(22)35(46)23-7-14-30(37)25(17-23)18-38)32(44(36(43)47)26-8-10-27(11-9-26)48-28-12-13-28)34(45)41-19-24-5-2-3-6-29(24)33-39-15-4-16-40-33/h2-11,14-17,22,28H,12-13,19-21H2,1H3,(H,41,45). The Kier molecular flexibility index (Phi) is 8.37. The van der Waals surface area contributed by atoms with E-state index in [1.807, 2.05) is 31.2 Å². The number of rotatable bonds is 8. The first-order valence-corrected chi connectivity index (χ1v) is 16.4. The van der Waals surface area contributed by atoms with Crippen molar-refractivity contribution in [1.82, 2.24) is 29.3 Å². The summed E-state index contributed by atoms with van der Waals surface area (Å²) in [4.78, 5) is 52.5. The molecule has 1 N–H and O–H groups in total. The van der Waals surface area contributed by atoms with E-state index < -0.39 is 5.91 Å². The van der Waals surface area contributed by atoms with Gasteiger partial charge in [-0.25, -0.2) is 14.8 Å². The number of imidazole rings is 1. The zero-order valence-corrected chi connectivity index (χ0v) is 27.6. The van der Waals surface area contributed by atoms with Crippen molar-refractivity contribution in [1.29, 1.82) is 5.26 Å². The van der Waals surface area contributed by atoms with Crippen molar-refractivity contribution in [2.45, 2.75) is 51.5 Å². The maximum Gasteiger partial charge on any atom is 0.333 e. The van der Waals surface area contributed by atoms with Crippen molar-refractivity contribution in [2.24, 2.45) is 0 Å². The smallest absolute Gasteiger partial charge is 0.333 e. The first kappa shape index (κ1) is 31.1. The molecule has 1 saturated carbocycles. The van der Waals surface area contributed by atoms with E-state index in [2.05, 4.69) is 37.3 Å². The number of amides is 2. The lowest BCUT2D eigenvalue weighted by Gasteiger charge is -2.34. The predicted octanol–water partition coefficient (Wildman–Crippen LogP) is 5.25. The topological polar surface area (TPSA) is 135 Å². The highest BCUT2D eigenvalue weighted by atomic mass is 79.9. The molecule has 48 heavy (non-hydrogen) atoms. The van der Waals surface area contributed by atoms with E-state index >= 15 is 0 Å². The number of hydrogen-bond acceptors (Lipinski definition) is 7. The quantitative estimate of drug-likeness (QED) is 0.233. The second kappa shape index (κ2) is 12.9. The SMILES string of the molecule is CC1Cn2c(c(C(=O)NCc3ccccc3-c3ncccn3)n(-c3ccc(OC4CC4)cc3)c2=O)CN1C(=O)c1ccc(Br)c(C#N)c1. The summed E-state index contributed by atoms with van der Waals surface area (Å²) in [5.41, 5.74) is 2.94. The molecule has 12 heteroatoms. The third-order valence-electron chi connectivity index (χ3n) is 8.54. The van der Waals surface area contributed by atoms with Gasteiger partial charge in [-0.3, -0.25) is 18.7 Å². The number of carbonyl (C=O) groups is 2. The largest absolute Gasteiger partial charge is 0.490 e. The van der Waals surface area contributed by atoms with Crippen molar-refractivity contribution in [3.8, 4) is 28.9 Å². The number of hydrogen-bond donors (Lipinski definition) is 1. The van der Waals surface area contributed by atoms with Crippen LogP contribution >= 0.6 is 15.9 Å². The van der Waals surface area contributed by atoms with Crippen LogP contribution in [0.25, 0.3) is 17.1 Å². The number of benzene rings is 3. The first-order valence-electron chi connectivity index (χ1n) is 15.6. The summed E-state index contributed by atoms with van der Waals surface area (Å²) in [7, 11) is 0. The molecule has 1 fully saturated rings. The van der Waals surface area contributed by atoms with Crippen LogP contribution in [0, 0.1) is 11.3 Å². The number of nitriles is 1. The Morgan fingerprint density at radius 3 is 2.52 bits per heavy atom. The molecule has 2 amide bonds. The summed E-state index contributed by atoms with van der Waals surface area (Å²) in [5.74, 6) is 0.452. The van der Waals surface area contributed by atoms with Gasteiger partial charge in [0.05, 0.1) is 29.6 Å². The molecule has 1 aliphatic carbocycles. The van der Waals surface area contributed by atoms with Gasteiger partial charge in [0, 0.05) is 47.1 Å². The molecule has 1 atom stereocenters. The number of ether oxygens (including phenoxy) is 1. The summed E-state index contributed by atoms with van der Waals surface area (Å²) in [6.07, 6.45) is 5.57. The van der Waals surface area contributed by atoms with Crippen LogP contribution in [-0.4, -0.2) is 48.0 Å². The Balaban J connectivity index is 1.26. The number of halogens is 1. The summed E-state index contributed by atoms with van der Waals surface area (Å²) < 4.78 is 9.49. The number of nitrogens with one attached hydrogen (secondary N) is 1. The van der Waals surface area contributed by atoms with E-state index in [9.17, 15) is 19.6 Å². The van der Waals surface area contributed by atoms with Gasteiger partial charge in [-0.2, -0.15) is 5.26 Å². The van der Waals surface area contributed by atoms with Crippen LogP contribution in [-0.2, 0) is 19.6 Å². The summed E-state index contributed by atoms with van der Waals surface area (Å²) in [6.45, 7) is 2.21. The monoisotopic (exact) mass is 703 g/mol. The number of fused-ring (bicyclic) bond motifs is 1. The maximum atomic E-state index is 14.2. The zero-order valence-electron chi connectivity index (χ0n) is 26.0. The average Bonchev–Trinajstić information content (AvgIpc) is 3.89. The molecule has 3 aromatic carbocycles. The lowest BCUT2D eigenvalue weighted by molar-refractivity contribution is 0.0610. The van der Waals surface area contributed by atoms with Crippen molar-refractivity contribution in [2.75, 3.05) is 0 Å². The number of nitrogens with zero attached hydrogens (tertiary/aromatic N) is 6. The molecular formula is C36H30BrN7O4. The van der Waals surface area contributed by atoms with E-state index in [-0.39, 0.29) is 49.1 Å². The molecule has 0 spiro atoms. The van der Waals surface area contributed by atoms with E-state index in [1.165, 1.54) is 4.57 Å². The van der Waals surface area contributed by atoms with Crippen LogP contribution in [0.3, 0.4) is 0 Å². The van der Waals surface area contributed by atoms with Crippen LogP contribution in [0.1, 0.15) is 57.4 Å². The average molecular weight is 705 g/mol. The maximum absolute atomic E-state index is 14.2. The minimum absolute atomic E-state index is 0.0141. The molecule has 0 saturated heterocycles. The second-order valence-electron chi connectivity index (χ2n) is 11.8. The minimum atomic E-state index is -0.472. The van der Waals surface area contributed by atoms with Gasteiger partial charge in [-0.15, -0.1) is 0 Å². The molecule has 240 valence electrons. The Morgan fingerprint density at radius 1 is 1.04 bits per heavy atom. The Morgan fingerprint density at radius 2 is 1.79 bits per heavy atom. The van der Waals surface area contributed by atoms with Gasteiger partial charge in [-0.1, -0.05) is 24.3 Å². The molecule has 11 nitrogen and oxygen atoms in total. The van der Waals surface area contributed by atoms with E-state index in [0.29, 0.717) is 38.6 Å². The van der Waals surface area contributed by atoms with Gasteiger partial charge in [-0.05, 0) is 89.8 Å². The fraction of sp³-hybridized carbons (Fsp3) is 0.222. The summed E-state index contributed by atoms with van der Waals surface area (Å²) >= 11 is 3.35. The van der Waals surface area contributed by atoms with E-state index in [4.69, 9.17) is 4.74 Å². The third-order valence-corrected chi connectivity index (χ3v) is 9.23. The van der Waals surface area contributed by atoms with Crippen molar-refractivity contribution < 1.29 is 14.3 Å². The molecular weight excluding hydrogens is 674 g/mol. The molecule has 0 bridgehead atoms. The Labute approximate surface area is 284 Å². The molecule has 1 aliphatic heterocycles. The van der Waals surface area contributed by atoms with Gasteiger partial charge in [0.25, 0.3) is 11.8 Å². The molecule has 2 aliphatic rings. The lowest BCUT2D eigenvalue weighted by Crippen LogP contribution is -2.47. The Bertz CT molecular complexity index is 2130. The van der Waals surface area contributed by atoms with Gasteiger partial charge in [0.15, 0.2) is 5.82 Å². The fourth-order valence-electron chi connectivity index (χ4n) is 5.91. The summed E-state index contributed by atoms with van der Waals surface area (Å²) in [5, 5.41) is 12.5. The first-order chi connectivity index (χ1) is 23.3. The van der Waals surface area contributed by atoms with E-state index in [0.717, 1.165) is 24.0 Å². The van der Waals surface area contributed by atoms with Gasteiger partial charge < -0.3 is 15.0 Å². The van der Waals surface area contributed by atoms with Gasteiger partial charge in [0.2, 0.25) is 0 Å². The lowest BCUT2D eigenvalue weighted by atomic mass is 10.1. The molecule has 0 radical (unpaired) electrons. The van der Waals surface area contributed by atoms with Crippen LogP contribution in [0.5, 0.6) is 5.75 Å². The van der Waals surface area contributed by atoms with Crippen LogP contribution in [0.2, 0.25) is 0 Å². The zero-order chi connectivity index (χ0) is 33.4. The van der Waals surface area contributed by atoms with Crippen molar-refractivity contribution >= 4 is 27.7 Å². The molecule has 7 rings (SSSR count). The number of aromatic nitrogens is 4. The molecule has 3 heterocycles. The highest BCUT2D eigenvalue weighted by Crippen LogP contribution is 2.29. The number of carbonyl (C=O) groups excluding carboxylic acids is 2. The van der Waals surface area contributed by atoms with Crippen molar-refractivity contribution in [3.05, 3.63) is 128 Å². The predicted molar refractivity (Wildman–Crippen MR) is 181 cm³/mol. The van der Waals surface area contributed by atoms with Crippen molar-refractivity contribution in [3.63, 3.8) is 0 Å². The summed E-state index contributed by atoms with van der Waals surface area (Å²) in [6, 6.07) is 23.0. The van der Waals surface area contributed by atoms with Gasteiger partial charge >= 0.3 is 5.69 Å². The normalized spacial score (nSPS) is 15.4. The highest BCUT2D eigenvalue weighted by molar-refractivity contribution is 9.10. The third kappa shape index (κ3) is 6.00. The fourth-order valence-corrected chi connectivity index (χ4v) is 6.25. The molecule has 1 unspecified atom stereocenters. The minimum Gasteiger partial charge on any atom is -0.490 e. The van der Waals surface area contributed by atoms with Crippen LogP contribution in [0.15, 0.2) is 94.5 Å². The van der Waals surface area contributed by atoms with E-state index in [1.54, 1.807) is 70.4 Å². The molecule has 2 aromatic heterocycles.